The average Bonchev–Trinajstić information content (AvgIpc) is 2.92. The standard InChI is InChI=1S/C22H26N2O7/c1-12-15(19(26)31-21(2,3)4)22(13-8-6-7-9-14(13)24-20(22)27)16(17(23)30-12)18(25)29-11-10-28-5/h6-9H,10-11,23H2,1-5H3,(H,24,27)/t22-/m1/s1. The Balaban J connectivity index is 2.25. The molecule has 1 atom stereocenters. The number of para-hydroxylation sites is 1. The highest BCUT2D eigenvalue weighted by molar-refractivity contribution is 6.21. The lowest BCUT2D eigenvalue weighted by Crippen LogP contribution is -2.49. The second-order valence-corrected chi connectivity index (χ2v) is 8.15. The van der Waals surface area contributed by atoms with Crippen molar-refractivity contribution in [3.63, 3.8) is 0 Å². The van der Waals surface area contributed by atoms with Crippen LogP contribution in [-0.4, -0.2) is 43.8 Å². The first kappa shape index (κ1) is 22.4. The zero-order valence-corrected chi connectivity index (χ0v) is 18.2. The third-order valence-electron chi connectivity index (χ3n) is 4.86. The lowest BCUT2D eigenvalue weighted by Gasteiger charge is -2.36. The summed E-state index contributed by atoms with van der Waals surface area (Å²) in [6.45, 7) is 6.66. The van der Waals surface area contributed by atoms with Crippen molar-refractivity contribution in [2.45, 2.75) is 38.7 Å². The van der Waals surface area contributed by atoms with E-state index in [4.69, 9.17) is 24.7 Å². The van der Waals surface area contributed by atoms with Gasteiger partial charge in [0.15, 0.2) is 0 Å². The largest absolute Gasteiger partial charge is 0.460 e. The van der Waals surface area contributed by atoms with Gasteiger partial charge in [-0.1, -0.05) is 18.2 Å². The van der Waals surface area contributed by atoms with Gasteiger partial charge in [0.2, 0.25) is 11.8 Å². The molecule has 2 aliphatic rings. The van der Waals surface area contributed by atoms with Crippen molar-refractivity contribution in [3.8, 4) is 0 Å². The number of methoxy groups -OCH3 is 1. The number of hydrogen-bond donors (Lipinski definition) is 2. The van der Waals surface area contributed by atoms with Gasteiger partial charge in [0.25, 0.3) is 0 Å². The molecule has 0 aromatic heterocycles. The molecule has 0 bridgehead atoms. The molecular weight excluding hydrogens is 404 g/mol. The van der Waals surface area contributed by atoms with E-state index >= 15 is 0 Å². The Bertz CT molecular complexity index is 1000. The molecule has 3 rings (SSSR count). The Labute approximate surface area is 180 Å². The summed E-state index contributed by atoms with van der Waals surface area (Å²) in [6, 6.07) is 6.74. The van der Waals surface area contributed by atoms with E-state index in [1.807, 2.05) is 0 Å². The predicted molar refractivity (Wildman–Crippen MR) is 110 cm³/mol. The molecule has 0 saturated carbocycles. The monoisotopic (exact) mass is 430 g/mol. The van der Waals surface area contributed by atoms with Crippen LogP contribution in [0.2, 0.25) is 0 Å². The Morgan fingerprint density at radius 1 is 1.13 bits per heavy atom. The van der Waals surface area contributed by atoms with Gasteiger partial charge in [-0.15, -0.1) is 0 Å². The fraction of sp³-hybridized carbons (Fsp3) is 0.409. The number of fused-ring (bicyclic) bond motifs is 2. The molecule has 1 spiro atoms. The molecule has 1 aromatic rings. The Morgan fingerprint density at radius 2 is 1.81 bits per heavy atom. The SMILES string of the molecule is COCCOC(=O)C1=C(N)OC(C)=C(C(=O)OC(C)(C)C)[C@@]12C(=O)Nc1ccccc12. The molecule has 3 N–H and O–H groups in total. The number of nitrogens with two attached hydrogens (primary N) is 1. The van der Waals surface area contributed by atoms with E-state index in [9.17, 15) is 14.4 Å². The number of ether oxygens (including phenoxy) is 4. The molecule has 0 saturated heterocycles. The highest BCUT2D eigenvalue weighted by atomic mass is 16.6. The van der Waals surface area contributed by atoms with Gasteiger partial charge in [0.1, 0.15) is 34.5 Å². The van der Waals surface area contributed by atoms with Gasteiger partial charge in [0, 0.05) is 18.4 Å². The highest BCUT2D eigenvalue weighted by Crippen LogP contribution is 2.52. The van der Waals surface area contributed by atoms with Crippen LogP contribution in [0.25, 0.3) is 0 Å². The van der Waals surface area contributed by atoms with Crippen LogP contribution in [-0.2, 0) is 38.7 Å². The molecule has 31 heavy (non-hydrogen) atoms. The molecular formula is C22H26N2O7. The molecule has 0 fully saturated rings. The summed E-state index contributed by atoms with van der Waals surface area (Å²) < 4.78 is 21.3. The number of allylic oxidation sites excluding steroid dienone is 1. The third-order valence-corrected chi connectivity index (χ3v) is 4.86. The van der Waals surface area contributed by atoms with Crippen molar-refractivity contribution in [1.82, 2.24) is 0 Å². The van der Waals surface area contributed by atoms with Crippen molar-refractivity contribution >= 4 is 23.5 Å². The van der Waals surface area contributed by atoms with Crippen LogP contribution in [0.5, 0.6) is 0 Å². The first-order valence-corrected chi connectivity index (χ1v) is 9.73. The van der Waals surface area contributed by atoms with Gasteiger partial charge in [0.05, 0.1) is 6.61 Å². The van der Waals surface area contributed by atoms with Gasteiger partial charge >= 0.3 is 11.9 Å². The summed E-state index contributed by atoms with van der Waals surface area (Å²) in [5.74, 6) is -2.58. The summed E-state index contributed by atoms with van der Waals surface area (Å²) in [5, 5.41) is 2.74. The average molecular weight is 430 g/mol. The van der Waals surface area contributed by atoms with Crippen LogP contribution in [0.4, 0.5) is 5.69 Å². The minimum absolute atomic E-state index is 0.0621. The van der Waals surface area contributed by atoms with E-state index in [1.165, 1.54) is 14.0 Å². The van der Waals surface area contributed by atoms with E-state index < -0.39 is 28.9 Å². The molecule has 1 aromatic carbocycles. The van der Waals surface area contributed by atoms with E-state index in [0.29, 0.717) is 11.3 Å². The van der Waals surface area contributed by atoms with Crippen LogP contribution < -0.4 is 11.1 Å². The Hall–Kier alpha value is -3.33. The quantitative estimate of drug-likeness (QED) is 0.536. The number of esters is 2. The van der Waals surface area contributed by atoms with Gasteiger partial charge < -0.3 is 30.0 Å². The molecule has 0 unspecified atom stereocenters. The number of nitrogens with one attached hydrogen (secondary N) is 1. The van der Waals surface area contributed by atoms with Gasteiger partial charge in [-0.05, 0) is 33.8 Å². The fourth-order valence-electron chi connectivity index (χ4n) is 3.76. The molecule has 2 aliphatic heterocycles. The van der Waals surface area contributed by atoms with Crippen molar-refractivity contribution in [2.24, 2.45) is 5.73 Å². The second kappa shape index (κ2) is 8.07. The molecule has 9 nitrogen and oxygen atoms in total. The van der Waals surface area contributed by atoms with Crippen LogP contribution in [0, 0.1) is 0 Å². The van der Waals surface area contributed by atoms with E-state index in [0.717, 1.165) is 0 Å². The smallest absolute Gasteiger partial charge is 0.341 e. The number of carbonyl (C=O) groups excluding carboxylic acids is 3. The first-order chi connectivity index (χ1) is 14.5. The predicted octanol–water partition coefficient (Wildman–Crippen LogP) is 1.88. The number of rotatable bonds is 5. The zero-order valence-electron chi connectivity index (χ0n) is 18.2. The maximum atomic E-state index is 13.5. The molecule has 166 valence electrons. The van der Waals surface area contributed by atoms with Gasteiger partial charge in [-0.25, -0.2) is 9.59 Å². The van der Waals surface area contributed by atoms with Crippen LogP contribution in [0.3, 0.4) is 0 Å². The maximum Gasteiger partial charge on any atom is 0.341 e. The van der Waals surface area contributed by atoms with Crippen LogP contribution >= 0.6 is 0 Å². The first-order valence-electron chi connectivity index (χ1n) is 9.73. The maximum absolute atomic E-state index is 13.5. The van der Waals surface area contributed by atoms with Crippen molar-refractivity contribution in [3.05, 3.63) is 52.6 Å². The molecule has 9 heteroatoms. The minimum Gasteiger partial charge on any atom is -0.460 e. The number of amides is 1. The fourth-order valence-corrected chi connectivity index (χ4v) is 3.76. The lowest BCUT2D eigenvalue weighted by molar-refractivity contribution is -0.152. The number of anilines is 1. The topological polar surface area (TPSA) is 126 Å². The van der Waals surface area contributed by atoms with E-state index in [2.05, 4.69) is 5.32 Å². The molecule has 0 radical (unpaired) electrons. The summed E-state index contributed by atoms with van der Waals surface area (Å²) >= 11 is 0. The van der Waals surface area contributed by atoms with Crippen molar-refractivity contribution < 1.29 is 33.3 Å². The number of benzene rings is 1. The van der Waals surface area contributed by atoms with Gasteiger partial charge in [-0.2, -0.15) is 0 Å². The molecule has 1 amide bonds. The van der Waals surface area contributed by atoms with Crippen molar-refractivity contribution in [2.75, 3.05) is 25.6 Å². The normalized spacial score (nSPS) is 20.4. The summed E-state index contributed by atoms with van der Waals surface area (Å²) in [5.41, 5.74) is 3.78. The van der Waals surface area contributed by atoms with Gasteiger partial charge in [-0.3, -0.25) is 4.79 Å². The summed E-state index contributed by atoms with van der Waals surface area (Å²) in [7, 11) is 1.46. The second-order valence-electron chi connectivity index (χ2n) is 8.15. The van der Waals surface area contributed by atoms with E-state index in [1.54, 1.807) is 45.0 Å². The summed E-state index contributed by atoms with van der Waals surface area (Å²) in [6.07, 6.45) is 0. The number of hydrogen-bond acceptors (Lipinski definition) is 8. The minimum atomic E-state index is -1.88. The lowest BCUT2D eigenvalue weighted by atomic mass is 9.67. The third kappa shape index (κ3) is 3.76. The molecule has 0 aliphatic carbocycles. The Kier molecular flexibility index (Phi) is 5.82. The zero-order chi connectivity index (χ0) is 23.0. The number of carbonyl (C=O) groups is 3. The van der Waals surface area contributed by atoms with E-state index in [-0.39, 0.29) is 36.0 Å². The summed E-state index contributed by atoms with van der Waals surface area (Å²) in [4.78, 5) is 39.9. The van der Waals surface area contributed by atoms with Crippen molar-refractivity contribution in [1.29, 1.82) is 0 Å². The molecule has 2 heterocycles. The van der Waals surface area contributed by atoms with Crippen LogP contribution in [0.15, 0.2) is 47.1 Å². The Morgan fingerprint density at radius 3 is 2.45 bits per heavy atom. The van der Waals surface area contributed by atoms with Crippen LogP contribution in [0.1, 0.15) is 33.3 Å². The highest BCUT2D eigenvalue weighted by Gasteiger charge is 2.62.